The molecular weight excluding hydrogens is 172 g/mol. The molecule has 3 N–H and O–H groups in total. The van der Waals surface area contributed by atoms with Gasteiger partial charge in [0, 0.05) is 18.1 Å². The molecule has 12 heavy (non-hydrogen) atoms. The standard InChI is InChI=1S/C9H20N2.ClH/c1-7(2)11-9-6-4-3-5-8(9)10;/h7-9,11H,3-6,10H2,1-2H3;1H. The van der Waals surface area contributed by atoms with Crippen molar-refractivity contribution in [1.29, 1.82) is 0 Å². The summed E-state index contributed by atoms with van der Waals surface area (Å²) in [5.74, 6) is 0. The largest absolute Gasteiger partial charge is 0.326 e. The van der Waals surface area contributed by atoms with Crippen molar-refractivity contribution in [2.75, 3.05) is 0 Å². The van der Waals surface area contributed by atoms with E-state index >= 15 is 0 Å². The van der Waals surface area contributed by atoms with E-state index in [-0.39, 0.29) is 12.4 Å². The maximum absolute atomic E-state index is 5.96. The predicted octanol–water partition coefficient (Wildman–Crippen LogP) is 1.68. The second kappa shape index (κ2) is 5.79. The Morgan fingerprint density at radius 2 is 1.83 bits per heavy atom. The van der Waals surface area contributed by atoms with Gasteiger partial charge >= 0.3 is 0 Å². The van der Waals surface area contributed by atoms with Crippen molar-refractivity contribution in [2.45, 2.75) is 57.7 Å². The summed E-state index contributed by atoms with van der Waals surface area (Å²) in [5, 5.41) is 3.51. The Labute approximate surface area is 81.7 Å². The normalized spacial score (nSPS) is 30.0. The van der Waals surface area contributed by atoms with E-state index in [1.807, 2.05) is 0 Å². The van der Waals surface area contributed by atoms with Gasteiger partial charge in [0.1, 0.15) is 0 Å². The molecule has 1 aliphatic rings. The number of halogens is 1. The summed E-state index contributed by atoms with van der Waals surface area (Å²) in [7, 11) is 0. The number of hydrogen-bond donors (Lipinski definition) is 2. The van der Waals surface area contributed by atoms with Crippen molar-refractivity contribution in [3.63, 3.8) is 0 Å². The molecule has 2 unspecified atom stereocenters. The maximum Gasteiger partial charge on any atom is 0.0221 e. The Balaban J connectivity index is 0.00000121. The Bertz CT molecular complexity index is 117. The van der Waals surface area contributed by atoms with Crippen LogP contribution in [0.3, 0.4) is 0 Å². The highest BCUT2D eigenvalue weighted by Crippen LogP contribution is 2.16. The van der Waals surface area contributed by atoms with Crippen LogP contribution in [0.1, 0.15) is 39.5 Å². The predicted molar refractivity (Wildman–Crippen MR) is 55.8 cm³/mol. The second-order valence-corrected chi connectivity index (χ2v) is 3.88. The summed E-state index contributed by atoms with van der Waals surface area (Å²) in [6.07, 6.45) is 5.12. The molecule has 0 aliphatic heterocycles. The average molecular weight is 193 g/mol. The third kappa shape index (κ3) is 3.74. The highest BCUT2D eigenvalue weighted by molar-refractivity contribution is 5.85. The molecular formula is C9H21ClN2. The first-order valence-electron chi connectivity index (χ1n) is 4.72. The Kier molecular flexibility index (Phi) is 5.89. The summed E-state index contributed by atoms with van der Waals surface area (Å²) < 4.78 is 0. The number of nitrogens with two attached hydrogens (primary N) is 1. The van der Waals surface area contributed by atoms with E-state index < -0.39 is 0 Å². The number of hydrogen-bond acceptors (Lipinski definition) is 2. The minimum absolute atomic E-state index is 0. The molecule has 0 saturated heterocycles. The van der Waals surface area contributed by atoms with Gasteiger partial charge in [-0.3, -0.25) is 0 Å². The van der Waals surface area contributed by atoms with E-state index in [1.54, 1.807) is 0 Å². The van der Waals surface area contributed by atoms with E-state index in [9.17, 15) is 0 Å². The van der Waals surface area contributed by atoms with Crippen molar-refractivity contribution in [3.05, 3.63) is 0 Å². The van der Waals surface area contributed by atoms with E-state index in [0.29, 0.717) is 18.1 Å². The molecule has 1 rings (SSSR count). The van der Waals surface area contributed by atoms with Crippen LogP contribution in [-0.2, 0) is 0 Å². The zero-order chi connectivity index (χ0) is 8.27. The van der Waals surface area contributed by atoms with Gasteiger partial charge in [0.05, 0.1) is 0 Å². The molecule has 0 bridgehead atoms. The van der Waals surface area contributed by atoms with Gasteiger partial charge in [-0.2, -0.15) is 0 Å². The van der Waals surface area contributed by atoms with Crippen LogP contribution in [0, 0.1) is 0 Å². The fourth-order valence-electron chi connectivity index (χ4n) is 1.79. The molecule has 0 aromatic heterocycles. The van der Waals surface area contributed by atoms with E-state index in [2.05, 4.69) is 19.2 Å². The average Bonchev–Trinajstić information content (AvgIpc) is 1.93. The van der Waals surface area contributed by atoms with Crippen LogP contribution in [0.5, 0.6) is 0 Å². The molecule has 0 amide bonds. The molecule has 1 saturated carbocycles. The lowest BCUT2D eigenvalue weighted by Crippen LogP contribution is -2.49. The van der Waals surface area contributed by atoms with Crippen LogP contribution in [-0.4, -0.2) is 18.1 Å². The molecule has 1 fully saturated rings. The quantitative estimate of drug-likeness (QED) is 0.699. The van der Waals surface area contributed by atoms with E-state index in [4.69, 9.17) is 5.73 Å². The highest BCUT2D eigenvalue weighted by Gasteiger charge is 2.21. The Hall–Kier alpha value is 0.210. The topological polar surface area (TPSA) is 38.0 Å². The molecule has 0 aromatic carbocycles. The Morgan fingerprint density at radius 1 is 1.25 bits per heavy atom. The molecule has 2 atom stereocenters. The van der Waals surface area contributed by atoms with Gasteiger partial charge in [-0.05, 0) is 12.8 Å². The first-order chi connectivity index (χ1) is 5.20. The van der Waals surface area contributed by atoms with Crippen molar-refractivity contribution < 1.29 is 0 Å². The van der Waals surface area contributed by atoms with Gasteiger partial charge in [0.15, 0.2) is 0 Å². The van der Waals surface area contributed by atoms with Crippen LogP contribution in [0.15, 0.2) is 0 Å². The SMILES string of the molecule is CC(C)NC1CCCCC1N.Cl. The van der Waals surface area contributed by atoms with Gasteiger partial charge in [-0.15, -0.1) is 12.4 Å². The molecule has 2 nitrogen and oxygen atoms in total. The second-order valence-electron chi connectivity index (χ2n) is 3.88. The summed E-state index contributed by atoms with van der Waals surface area (Å²) in [4.78, 5) is 0. The van der Waals surface area contributed by atoms with Crippen LogP contribution >= 0.6 is 12.4 Å². The minimum atomic E-state index is 0. The Morgan fingerprint density at radius 3 is 2.33 bits per heavy atom. The molecule has 1 aliphatic carbocycles. The third-order valence-corrected chi connectivity index (χ3v) is 2.37. The fraction of sp³-hybridized carbons (Fsp3) is 1.00. The summed E-state index contributed by atoms with van der Waals surface area (Å²) in [5.41, 5.74) is 5.96. The third-order valence-electron chi connectivity index (χ3n) is 2.37. The summed E-state index contributed by atoms with van der Waals surface area (Å²) in [6.45, 7) is 4.36. The van der Waals surface area contributed by atoms with E-state index in [0.717, 1.165) is 0 Å². The molecule has 0 heterocycles. The zero-order valence-electron chi connectivity index (χ0n) is 8.05. The van der Waals surface area contributed by atoms with Gasteiger partial charge in [-0.1, -0.05) is 26.7 Å². The lowest BCUT2D eigenvalue weighted by Gasteiger charge is -2.30. The zero-order valence-corrected chi connectivity index (χ0v) is 8.86. The first kappa shape index (κ1) is 12.2. The van der Waals surface area contributed by atoms with Crippen LogP contribution in [0.2, 0.25) is 0 Å². The lowest BCUT2D eigenvalue weighted by atomic mass is 9.90. The molecule has 3 heteroatoms. The fourth-order valence-corrected chi connectivity index (χ4v) is 1.79. The summed E-state index contributed by atoms with van der Waals surface area (Å²) >= 11 is 0. The van der Waals surface area contributed by atoms with Crippen LogP contribution < -0.4 is 11.1 Å². The van der Waals surface area contributed by atoms with Gasteiger partial charge < -0.3 is 11.1 Å². The number of nitrogens with one attached hydrogen (secondary N) is 1. The molecule has 0 radical (unpaired) electrons. The minimum Gasteiger partial charge on any atom is -0.326 e. The monoisotopic (exact) mass is 192 g/mol. The van der Waals surface area contributed by atoms with Crippen LogP contribution in [0.4, 0.5) is 0 Å². The maximum atomic E-state index is 5.96. The number of rotatable bonds is 2. The van der Waals surface area contributed by atoms with Gasteiger partial charge in [0.25, 0.3) is 0 Å². The van der Waals surface area contributed by atoms with Gasteiger partial charge in [-0.25, -0.2) is 0 Å². The highest BCUT2D eigenvalue weighted by atomic mass is 35.5. The van der Waals surface area contributed by atoms with Crippen molar-refractivity contribution in [2.24, 2.45) is 5.73 Å². The van der Waals surface area contributed by atoms with Crippen molar-refractivity contribution >= 4 is 12.4 Å². The van der Waals surface area contributed by atoms with Crippen molar-refractivity contribution in [1.82, 2.24) is 5.32 Å². The summed E-state index contributed by atoms with van der Waals surface area (Å²) in [6, 6.07) is 1.54. The lowest BCUT2D eigenvalue weighted by molar-refractivity contribution is 0.311. The molecule has 0 spiro atoms. The van der Waals surface area contributed by atoms with E-state index in [1.165, 1.54) is 25.7 Å². The van der Waals surface area contributed by atoms with Crippen LogP contribution in [0.25, 0.3) is 0 Å². The molecule has 74 valence electrons. The van der Waals surface area contributed by atoms with Crippen molar-refractivity contribution in [3.8, 4) is 0 Å². The van der Waals surface area contributed by atoms with Gasteiger partial charge in [0.2, 0.25) is 0 Å². The first-order valence-corrected chi connectivity index (χ1v) is 4.72. The molecule has 0 aromatic rings. The smallest absolute Gasteiger partial charge is 0.0221 e.